The first-order valence-electron chi connectivity index (χ1n) is 14.4. The molecule has 1 fully saturated rings. The van der Waals surface area contributed by atoms with Gasteiger partial charge in [0, 0.05) is 32.4 Å². The first-order valence-corrected chi connectivity index (χ1v) is 15.2. The first-order chi connectivity index (χ1) is 20.3. The lowest BCUT2D eigenvalue weighted by Crippen LogP contribution is -2.65. The zero-order valence-electron chi connectivity index (χ0n) is 24.6. The smallest absolute Gasteiger partial charge is 0.250 e. The van der Waals surface area contributed by atoms with E-state index in [9.17, 15) is 23.6 Å². The van der Waals surface area contributed by atoms with Crippen molar-refractivity contribution in [2.75, 3.05) is 25.0 Å². The molecule has 232 valence electrons. The predicted molar refractivity (Wildman–Crippen MR) is 164 cm³/mol. The van der Waals surface area contributed by atoms with Crippen molar-refractivity contribution in [1.82, 2.24) is 20.9 Å². The molecule has 0 bridgehead atoms. The fraction of sp³-hybridized carbons (Fsp3) is 0.484. The van der Waals surface area contributed by atoms with Crippen LogP contribution in [0.25, 0.3) is 0 Å². The van der Waals surface area contributed by atoms with Gasteiger partial charge in [-0.3, -0.25) is 19.2 Å². The number of anilines is 1. The standard InChI is InChI=1S/C31H38Cl2FN5O4/c1-30(2,3)18-36-24(40)10-11-25(41)39-17-20-7-5-4-6-19(20)16-23(39)28(42)38-31(12-14-35-15-13-31)29(43)37-22-9-8-21(32)26(33)27(22)34/h4-9,23,35H,10-18H2,1-3H3,(H,36,40)(H,37,43)(H,38,42)/t23-/m0/s1. The molecule has 12 heteroatoms. The number of hydrogen-bond acceptors (Lipinski definition) is 5. The lowest BCUT2D eigenvalue weighted by Gasteiger charge is -2.41. The third kappa shape index (κ3) is 8.04. The summed E-state index contributed by atoms with van der Waals surface area (Å²) in [5.41, 5.74) is 0.235. The van der Waals surface area contributed by atoms with Crippen molar-refractivity contribution in [3.05, 3.63) is 63.4 Å². The molecule has 4 amide bonds. The van der Waals surface area contributed by atoms with Crippen LogP contribution in [0.1, 0.15) is 57.6 Å². The van der Waals surface area contributed by atoms with Gasteiger partial charge in [0.25, 0.3) is 0 Å². The highest BCUT2D eigenvalue weighted by atomic mass is 35.5. The number of carbonyl (C=O) groups excluding carboxylic acids is 4. The van der Waals surface area contributed by atoms with E-state index in [0.29, 0.717) is 19.6 Å². The molecule has 0 aliphatic carbocycles. The maximum absolute atomic E-state index is 14.8. The SMILES string of the molecule is CC(C)(C)CNC(=O)CCC(=O)N1Cc2ccccc2C[C@H]1C(=O)NC1(C(=O)Nc2ccc(Cl)c(Cl)c2F)CCNCC1. The van der Waals surface area contributed by atoms with Gasteiger partial charge in [-0.15, -0.1) is 0 Å². The largest absolute Gasteiger partial charge is 0.356 e. The van der Waals surface area contributed by atoms with Crippen LogP contribution < -0.4 is 21.3 Å². The molecule has 2 aliphatic rings. The molecule has 1 saturated heterocycles. The predicted octanol–water partition coefficient (Wildman–Crippen LogP) is 4.21. The third-order valence-corrected chi connectivity index (χ3v) is 8.57. The Balaban J connectivity index is 1.54. The number of fused-ring (bicyclic) bond motifs is 1. The average molecular weight is 635 g/mol. The quantitative estimate of drug-likeness (QED) is 0.325. The molecule has 0 aromatic heterocycles. The number of nitrogens with zero attached hydrogens (tertiary/aromatic N) is 1. The lowest BCUT2D eigenvalue weighted by atomic mass is 9.85. The van der Waals surface area contributed by atoms with Crippen LogP contribution in [-0.2, 0) is 32.1 Å². The number of rotatable bonds is 8. The van der Waals surface area contributed by atoms with Gasteiger partial charge in [0.2, 0.25) is 23.6 Å². The molecule has 0 saturated carbocycles. The van der Waals surface area contributed by atoms with Gasteiger partial charge >= 0.3 is 0 Å². The second kappa shape index (κ2) is 13.6. The normalized spacial score (nSPS) is 17.9. The second-order valence-corrected chi connectivity index (χ2v) is 13.1. The van der Waals surface area contributed by atoms with Gasteiger partial charge in [0.05, 0.1) is 15.7 Å². The molecule has 0 unspecified atom stereocenters. The highest BCUT2D eigenvalue weighted by Crippen LogP contribution is 2.32. The van der Waals surface area contributed by atoms with E-state index in [2.05, 4.69) is 21.3 Å². The minimum atomic E-state index is -1.36. The van der Waals surface area contributed by atoms with Crippen LogP contribution in [0.15, 0.2) is 36.4 Å². The van der Waals surface area contributed by atoms with Gasteiger partial charge in [0.1, 0.15) is 11.6 Å². The van der Waals surface area contributed by atoms with Crippen LogP contribution in [0.5, 0.6) is 0 Å². The van der Waals surface area contributed by atoms with Gasteiger partial charge in [-0.05, 0) is 54.6 Å². The number of carbonyl (C=O) groups is 4. The van der Waals surface area contributed by atoms with Gasteiger partial charge in [-0.1, -0.05) is 68.2 Å². The zero-order chi connectivity index (χ0) is 31.4. The van der Waals surface area contributed by atoms with Crippen LogP contribution in [0, 0.1) is 11.2 Å². The van der Waals surface area contributed by atoms with E-state index >= 15 is 0 Å². The maximum atomic E-state index is 14.8. The summed E-state index contributed by atoms with van der Waals surface area (Å²) in [5.74, 6) is -2.52. The highest BCUT2D eigenvalue weighted by Gasteiger charge is 2.44. The Hall–Kier alpha value is -3.21. The summed E-state index contributed by atoms with van der Waals surface area (Å²) >= 11 is 11.8. The van der Waals surface area contributed by atoms with Crippen LogP contribution in [0.4, 0.5) is 10.1 Å². The van der Waals surface area contributed by atoms with E-state index < -0.39 is 29.2 Å². The van der Waals surface area contributed by atoms with Crippen LogP contribution in [-0.4, -0.2) is 59.7 Å². The van der Waals surface area contributed by atoms with Crippen molar-refractivity contribution in [2.45, 2.75) is 71.0 Å². The summed E-state index contributed by atoms with van der Waals surface area (Å²) in [7, 11) is 0. The molecule has 2 aliphatic heterocycles. The second-order valence-electron chi connectivity index (χ2n) is 12.3. The van der Waals surface area contributed by atoms with Crippen molar-refractivity contribution in [3.8, 4) is 0 Å². The molecule has 9 nitrogen and oxygen atoms in total. The van der Waals surface area contributed by atoms with Crippen molar-refractivity contribution < 1.29 is 23.6 Å². The summed E-state index contributed by atoms with van der Waals surface area (Å²) < 4.78 is 14.8. The summed E-state index contributed by atoms with van der Waals surface area (Å²) in [6.07, 6.45) is 0.682. The molecule has 2 heterocycles. The fourth-order valence-corrected chi connectivity index (χ4v) is 5.59. The number of nitrogens with one attached hydrogen (secondary N) is 4. The van der Waals surface area contributed by atoms with Crippen LogP contribution in [0.3, 0.4) is 0 Å². The van der Waals surface area contributed by atoms with E-state index in [-0.39, 0.29) is 71.6 Å². The zero-order valence-corrected chi connectivity index (χ0v) is 26.1. The Morgan fingerprint density at radius 1 is 1.02 bits per heavy atom. The van der Waals surface area contributed by atoms with Crippen molar-refractivity contribution in [2.24, 2.45) is 5.41 Å². The van der Waals surface area contributed by atoms with Crippen LogP contribution in [0.2, 0.25) is 10.0 Å². The van der Waals surface area contributed by atoms with Crippen molar-refractivity contribution >= 4 is 52.5 Å². The molecule has 4 N–H and O–H groups in total. The Bertz CT molecular complexity index is 1390. The molecule has 1 atom stereocenters. The number of halogens is 3. The van der Waals surface area contributed by atoms with E-state index in [1.54, 1.807) is 0 Å². The first kappa shape index (κ1) is 32.7. The minimum Gasteiger partial charge on any atom is -0.356 e. The fourth-order valence-electron chi connectivity index (χ4n) is 5.28. The molecular weight excluding hydrogens is 596 g/mol. The lowest BCUT2D eigenvalue weighted by molar-refractivity contribution is -0.144. The monoisotopic (exact) mass is 633 g/mol. The van der Waals surface area contributed by atoms with Crippen molar-refractivity contribution in [1.29, 1.82) is 0 Å². The van der Waals surface area contributed by atoms with Gasteiger partial charge < -0.3 is 26.2 Å². The molecule has 2 aromatic carbocycles. The highest BCUT2D eigenvalue weighted by molar-refractivity contribution is 6.42. The summed E-state index contributed by atoms with van der Waals surface area (Å²) in [6.45, 7) is 7.57. The van der Waals surface area contributed by atoms with Crippen molar-refractivity contribution in [3.63, 3.8) is 0 Å². The third-order valence-electron chi connectivity index (χ3n) is 7.79. The number of amides is 4. The van der Waals surface area contributed by atoms with E-state index in [1.165, 1.54) is 17.0 Å². The van der Waals surface area contributed by atoms with E-state index in [1.807, 2.05) is 45.0 Å². The summed E-state index contributed by atoms with van der Waals surface area (Å²) in [4.78, 5) is 55.0. The Morgan fingerprint density at radius 2 is 1.70 bits per heavy atom. The van der Waals surface area contributed by atoms with E-state index in [4.69, 9.17) is 23.2 Å². The Kier molecular flexibility index (Phi) is 10.4. The molecular formula is C31H38Cl2FN5O4. The maximum Gasteiger partial charge on any atom is 0.250 e. The number of piperidine rings is 1. The molecule has 2 aromatic rings. The van der Waals surface area contributed by atoms with Gasteiger partial charge in [-0.25, -0.2) is 4.39 Å². The molecule has 0 spiro atoms. The number of hydrogen-bond donors (Lipinski definition) is 4. The Morgan fingerprint density at radius 3 is 2.37 bits per heavy atom. The number of benzene rings is 2. The minimum absolute atomic E-state index is 0.00533. The topological polar surface area (TPSA) is 120 Å². The Labute approximate surface area is 261 Å². The van der Waals surface area contributed by atoms with E-state index in [0.717, 1.165) is 11.1 Å². The van der Waals surface area contributed by atoms with Crippen LogP contribution >= 0.6 is 23.2 Å². The van der Waals surface area contributed by atoms with Gasteiger partial charge in [0.15, 0.2) is 5.82 Å². The molecule has 0 radical (unpaired) electrons. The molecule has 43 heavy (non-hydrogen) atoms. The summed E-state index contributed by atoms with van der Waals surface area (Å²) in [6, 6.07) is 9.36. The summed E-state index contributed by atoms with van der Waals surface area (Å²) in [5, 5.41) is 11.2. The van der Waals surface area contributed by atoms with Gasteiger partial charge in [-0.2, -0.15) is 0 Å². The molecule has 4 rings (SSSR count). The average Bonchev–Trinajstić information content (AvgIpc) is 2.98.